The summed E-state index contributed by atoms with van der Waals surface area (Å²) >= 11 is 13.5. The van der Waals surface area contributed by atoms with E-state index in [0.29, 0.717) is 15.7 Å². The molecule has 148 valence electrons. The average Bonchev–Trinajstić information content (AvgIpc) is 3.11. The number of nitrogens with one attached hydrogen (secondary N) is 1. The second kappa shape index (κ2) is 9.65. The second-order valence-electron chi connectivity index (χ2n) is 6.60. The van der Waals surface area contributed by atoms with Crippen molar-refractivity contribution in [3.8, 4) is 0 Å². The summed E-state index contributed by atoms with van der Waals surface area (Å²) in [7, 11) is 0. The third-order valence-corrected chi connectivity index (χ3v) is 6.40. The number of rotatable bonds is 7. The number of likely N-dealkylation sites (tertiary alicyclic amines) is 1. The molecule has 1 atom stereocenters. The number of carbonyl (C=O) groups is 2. The van der Waals surface area contributed by atoms with E-state index >= 15 is 0 Å². The molecule has 0 spiro atoms. The molecule has 3 rings (SSSR count). The van der Waals surface area contributed by atoms with Crippen LogP contribution in [0.25, 0.3) is 0 Å². The SMILES string of the molecule is NC(=O)CSc1ccccc1NC(=O)CN1CCCC1c1ccc(Cl)c(Cl)c1. The predicted molar refractivity (Wildman–Crippen MR) is 115 cm³/mol. The van der Waals surface area contributed by atoms with Crippen LogP contribution in [-0.2, 0) is 9.59 Å². The van der Waals surface area contributed by atoms with Gasteiger partial charge in [0.05, 0.1) is 28.0 Å². The van der Waals surface area contributed by atoms with Gasteiger partial charge in [0.15, 0.2) is 0 Å². The summed E-state index contributed by atoms with van der Waals surface area (Å²) in [6, 6.07) is 13.2. The van der Waals surface area contributed by atoms with E-state index in [4.69, 9.17) is 28.9 Å². The lowest BCUT2D eigenvalue weighted by Gasteiger charge is -2.24. The van der Waals surface area contributed by atoms with Crippen molar-refractivity contribution in [3.05, 3.63) is 58.1 Å². The van der Waals surface area contributed by atoms with E-state index < -0.39 is 5.91 Å². The van der Waals surface area contributed by atoms with Crippen LogP contribution >= 0.6 is 35.0 Å². The summed E-state index contributed by atoms with van der Waals surface area (Å²) in [6.07, 6.45) is 1.99. The van der Waals surface area contributed by atoms with Gasteiger partial charge in [-0.05, 0) is 49.2 Å². The Balaban J connectivity index is 1.66. The van der Waals surface area contributed by atoms with E-state index in [9.17, 15) is 9.59 Å². The van der Waals surface area contributed by atoms with E-state index in [1.807, 2.05) is 36.4 Å². The molecule has 2 amide bonds. The summed E-state index contributed by atoms with van der Waals surface area (Å²) in [5.41, 5.74) is 6.97. The van der Waals surface area contributed by atoms with Gasteiger partial charge in [-0.2, -0.15) is 0 Å². The molecule has 1 aliphatic heterocycles. The Labute approximate surface area is 178 Å². The average molecular weight is 438 g/mol. The highest BCUT2D eigenvalue weighted by Gasteiger charge is 2.28. The maximum Gasteiger partial charge on any atom is 0.238 e. The van der Waals surface area contributed by atoms with Gasteiger partial charge in [0.25, 0.3) is 0 Å². The number of nitrogens with zero attached hydrogens (tertiary/aromatic N) is 1. The number of hydrogen-bond donors (Lipinski definition) is 2. The Morgan fingerprint density at radius 2 is 1.96 bits per heavy atom. The standard InChI is InChI=1S/C20H21Cl2N3O2S/c21-14-8-7-13(10-15(14)22)17-5-3-9-25(17)11-20(27)24-16-4-1-2-6-18(16)28-12-19(23)26/h1-2,4,6-8,10,17H,3,5,9,11-12H2,(H2,23,26)(H,24,27). The minimum absolute atomic E-state index is 0.0981. The zero-order valence-electron chi connectivity index (χ0n) is 15.2. The van der Waals surface area contributed by atoms with E-state index in [1.54, 1.807) is 6.07 Å². The highest BCUT2D eigenvalue weighted by atomic mass is 35.5. The first-order chi connectivity index (χ1) is 13.4. The van der Waals surface area contributed by atoms with Crippen LogP contribution in [0.4, 0.5) is 5.69 Å². The fraction of sp³-hybridized carbons (Fsp3) is 0.300. The Bertz CT molecular complexity index is 878. The van der Waals surface area contributed by atoms with Crippen molar-refractivity contribution in [2.45, 2.75) is 23.8 Å². The number of anilines is 1. The predicted octanol–water partition coefficient (Wildman–Crippen LogP) is 4.35. The van der Waals surface area contributed by atoms with Crippen LogP contribution in [0.2, 0.25) is 10.0 Å². The van der Waals surface area contributed by atoms with Crippen LogP contribution in [-0.4, -0.2) is 35.6 Å². The number of primary amides is 1. The van der Waals surface area contributed by atoms with E-state index in [1.165, 1.54) is 11.8 Å². The molecule has 0 aromatic heterocycles. The Hall–Kier alpha value is -1.73. The number of amides is 2. The molecule has 2 aromatic carbocycles. The summed E-state index contributed by atoms with van der Waals surface area (Å²) in [6.45, 7) is 1.12. The quantitative estimate of drug-likeness (QED) is 0.631. The molecular formula is C20H21Cl2N3O2S. The third-order valence-electron chi connectivity index (χ3n) is 4.57. The summed E-state index contributed by atoms with van der Waals surface area (Å²) in [4.78, 5) is 26.7. The molecular weight excluding hydrogens is 417 g/mol. The minimum atomic E-state index is -0.396. The number of hydrogen-bond acceptors (Lipinski definition) is 4. The van der Waals surface area contributed by atoms with Crippen molar-refractivity contribution in [2.75, 3.05) is 24.2 Å². The van der Waals surface area contributed by atoms with Crippen LogP contribution in [0.3, 0.4) is 0 Å². The fourth-order valence-electron chi connectivity index (χ4n) is 3.33. The maximum atomic E-state index is 12.7. The van der Waals surface area contributed by atoms with Gasteiger partial charge in [0.2, 0.25) is 11.8 Å². The van der Waals surface area contributed by atoms with Crippen molar-refractivity contribution in [1.82, 2.24) is 4.90 Å². The van der Waals surface area contributed by atoms with Gasteiger partial charge in [-0.3, -0.25) is 14.5 Å². The molecule has 8 heteroatoms. The van der Waals surface area contributed by atoms with Gasteiger partial charge in [-0.25, -0.2) is 0 Å². The number of nitrogens with two attached hydrogens (primary N) is 1. The molecule has 1 fully saturated rings. The molecule has 1 aliphatic rings. The van der Waals surface area contributed by atoms with Crippen LogP contribution < -0.4 is 11.1 Å². The lowest BCUT2D eigenvalue weighted by Crippen LogP contribution is -2.33. The molecule has 2 aromatic rings. The molecule has 1 saturated heterocycles. The molecule has 28 heavy (non-hydrogen) atoms. The summed E-state index contributed by atoms with van der Waals surface area (Å²) in [5.74, 6) is -0.329. The molecule has 5 nitrogen and oxygen atoms in total. The van der Waals surface area contributed by atoms with Crippen LogP contribution in [0.15, 0.2) is 47.4 Å². The second-order valence-corrected chi connectivity index (χ2v) is 8.43. The number of thioether (sulfide) groups is 1. The molecule has 3 N–H and O–H groups in total. The van der Waals surface area contributed by atoms with Crippen molar-refractivity contribution in [1.29, 1.82) is 0 Å². The topological polar surface area (TPSA) is 75.4 Å². The van der Waals surface area contributed by atoms with Gasteiger partial charge in [0.1, 0.15) is 0 Å². The third kappa shape index (κ3) is 5.41. The number of halogens is 2. The first kappa shape index (κ1) is 21.0. The number of carbonyl (C=O) groups excluding carboxylic acids is 2. The monoisotopic (exact) mass is 437 g/mol. The zero-order valence-corrected chi connectivity index (χ0v) is 17.5. The Kier molecular flexibility index (Phi) is 7.24. The largest absolute Gasteiger partial charge is 0.369 e. The Morgan fingerprint density at radius 3 is 2.71 bits per heavy atom. The van der Waals surface area contributed by atoms with E-state index in [2.05, 4.69) is 10.2 Å². The zero-order chi connectivity index (χ0) is 20.1. The number of para-hydroxylation sites is 1. The minimum Gasteiger partial charge on any atom is -0.369 e. The highest BCUT2D eigenvalue weighted by Crippen LogP contribution is 2.35. The van der Waals surface area contributed by atoms with Gasteiger partial charge >= 0.3 is 0 Å². The van der Waals surface area contributed by atoms with Crippen LogP contribution in [0, 0.1) is 0 Å². The van der Waals surface area contributed by atoms with Crippen LogP contribution in [0.1, 0.15) is 24.4 Å². The molecule has 1 unspecified atom stereocenters. The maximum absolute atomic E-state index is 12.7. The van der Waals surface area contributed by atoms with Crippen molar-refractivity contribution >= 4 is 52.5 Å². The first-order valence-corrected chi connectivity index (χ1v) is 10.7. The van der Waals surface area contributed by atoms with Crippen LogP contribution in [0.5, 0.6) is 0 Å². The van der Waals surface area contributed by atoms with Crippen molar-refractivity contribution in [3.63, 3.8) is 0 Å². The van der Waals surface area contributed by atoms with Gasteiger partial charge in [-0.15, -0.1) is 11.8 Å². The van der Waals surface area contributed by atoms with Gasteiger partial charge in [-0.1, -0.05) is 41.4 Å². The van der Waals surface area contributed by atoms with E-state index in [-0.39, 0.29) is 24.2 Å². The molecule has 0 bridgehead atoms. The Morgan fingerprint density at radius 1 is 1.18 bits per heavy atom. The van der Waals surface area contributed by atoms with Gasteiger partial charge < -0.3 is 11.1 Å². The summed E-state index contributed by atoms with van der Waals surface area (Å²) in [5, 5.41) is 4.00. The fourth-order valence-corrected chi connectivity index (χ4v) is 4.39. The van der Waals surface area contributed by atoms with Crippen molar-refractivity contribution in [2.24, 2.45) is 5.73 Å². The molecule has 0 radical (unpaired) electrons. The lowest BCUT2D eigenvalue weighted by atomic mass is 10.0. The molecule has 1 heterocycles. The van der Waals surface area contributed by atoms with E-state index in [0.717, 1.165) is 29.8 Å². The molecule has 0 saturated carbocycles. The number of benzene rings is 2. The first-order valence-electron chi connectivity index (χ1n) is 8.93. The lowest BCUT2D eigenvalue weighted by molar-refractivity contribution is -0.117. The smallest absolute Gasteiger partial charge is 0.238 e. The highest BCUT2D eigenvalue weighted by molar-refractivity contribution is 8.00. The molecule has 0 aliphatic carbocycles. The normalized spacial score (nSPS) is 16.9. The van der Waals surface area contributed by atoms with Gasteiger partial charge in [0, 0.05) is 10.9 Å². The summed E-state index contributed by atoms with van der Waals surface area (Å²) < 4.78 is 0. The van der Waals surface area contributed by atoms with Crippen molar-refractivity contribution < 1.29 is 9.59 Å².